The summed E-state index contributed by atoms with van der Waals surface area (Å²) >= 11 is 24.7. The molecule has 0 aliphatic carbocycles. The first kappa shape index (κ1) is 22.2. The van der Waals surface area contributed by atoms with Crippen LogP contribution in [0.3, 0.4) is 0 Å². The molecule has 3 N–H and O–H groups in total. The Kier molecular flexibility index (Phi) is 7.29. The largest absolute Gasteiger partial charge is 0.369 e. The van der Waals surface area contributed by atoms with E-state index in [1.54, 1.807) is 0 Å². The highest BCUT2D eigenvalue weighted by molar-refractivity contribution is 6.55. The summed E-state index contributed by atoms with van der Waals surface area (Å²) in [4.78, 5) is 18.7. The van der Waals surface area contributed by atoms with Gasteiger partial charge in [-0.2, -0.15) is 4.98 Å². The minimum absolute atomic E-state index is 0.162. The van der Waals surface area contributed by atoms with Crippen molar-refractivity contribution in [3.05, 3.63) is 31.9 Å². The molecular weight excluding hydrogens is 456 g/mol. The minimum Gasteiger partial charge on any atom is -0.369 e. The first-order chi connectivity index (χ1) is 13.8. The molecule has 0 unspecified atom stereocenters. The first-order valence-corrected chi connectivity index (χ1v) is 10.7. The summed E-state index contributed by atoms with van der Waals surface area (Å²) in [6.45, 7) is 9.93. The van der Waals surface area contributed by atoms with Crippen LogP contribution in [0, 0.1) is 6.92 Å². The fourth-order valence-corrected chi connectivity index (χ4v) is 3.79. The van der Waals surface area contributed by atoms with Crippen molar-refractivity contribution in [1.82, 2.24) is 24.8 Å². The Morgan fingerprint density at radius 3 is 2.34 bits per heavy atom. The molecule has 7 nitrogen and oxygen atoms in total. The van der Waals surface area contributed by atoms with E-state index in [-0.39, 0.29) is 20.1 Å². The Morgan fingerprint density at radius 2 is 1.66 bits per heavy atom. The molecule has 2 aromatic heterocycles. The number of aromatic nitrogens is 4. The lowest BCUT2D eigenvalue weighted by Gasteiger charge is -2.18. The van der Waals surface area contributed by atoms with Crippen LogP contribution in [0.2, 0.25) is 20.1 Å². The van der Waals surface area contributed by atoms with Gasteiger partial charge in [-0.05, 0) is 20.0 Å². The number of benzene rings is 1. The second-order valence-corrected chi connectivity index (χ2v) is 7.87. The van der Waals surface area contributed by atoms with Crippen LogP contribution in [0.15, 0.2) is 6.07 Å². The topological polar surface area (TPSA) is 81.8 Å². The van der Waals surface area contributed by atoms with E-state index < -0.39 is 0 Å². The third-order valence-corrected chi connectivity index (χ3v) is 6.21. The Morgan fingerprint density at radius 1 is 0.966 bits per heavy atom. The molecule has 0 saturated heterocycles. The van der Waals surface area contributed by atoms with Gasteiger partial charge < -0.3 is 15.2 Å². The molecular formula is C18H21Cl4N7. The molecule has 11 heteroatoms. The second-order valence-electron chi connectivity index (χ2n) is 6.36. The molecule has 156 valence electrons. The van der Waals surface area contributed by atoms with Crippen LogP contribution in [0.1, 0.15) is 19.5 Å². The molecule has 0 atom stereocenters. The van der Waals surface area contributed by atoms with Gasteiger partial charge in [-0.15, -0.1) is 0 Å². The second kappa shape index (κ2) is 9.53. The van der Waals surface area contributed by atoms with Crippen molar-refractivity contribution in [2.24, 2.45) is 0 Å². The fraction of sp³-hybridized carbons (Fsp3) is 0.389. The van der Waals surface area contributed by atoms with Gasteiger partial charge in [0.1, 0.15) is 11.3 Å². The van der Waals surface area contributed by atoms with Gasteiger partial charge in [0, 0.05) is 24.8 Å². The van der Waals surface area contributed by atoms with Crippen molar-refractivity contribution in [3.63, 3.8) is 0 Å². The third-order valence-electron chi connectivity index (χ3n) is 4.42. The fourth-order valence-electron chi connectivity index (χ4n) is 2.86. The van der Waals surface area contributed by atoms with Gasteiger partial charge in [-0.1, -0.05) is 60.3 Å². The number of anilines is 3. The van der Waals surface area contributed by atoms with Crippen molar-refractivity contribution in [3.8, 4) is 0 Å². The smallest absolute Gasteiger partial charge is 0.231 e. The number of nitrogens with one attached hydrogen (secondary N) is 3. The van der Waals surface area contributed by atoms with Gasteiger partial charge in [0.25, 0.3) is 0 Å². The maximum absolute atomic E-state index is 6.26. The Labute approximate surface area is 189 Å². The number of halogens is 4. The van der Waals surface area contributed by atoms with Crippen LogP contribution in [-0.4, -0.2) is 51.0 Å². The summed E-state index contributed by atoms with van der Waals surface area (Å²) in [5, 5.41) is 7.19. The monoisotopic (exact) mass is 475 g/mol. The maximum Gasteiger partial charge on any atom is 0.231 e. The molecule has 2 heterocycles. The first-order valence-electron chi connectivity index (χ1n) is 9.14. The van der Waals surface area contributed by atoms with Crippen LogP contribution in [0.5, 0.6) is 0 Å². The molecule has 3 aromatic rings. The summed E-state index contributed by atoms with van der Waals surface area (Å²) < 4.78 is 0. The van der Waals surface area contributed by atoms with Gasteiger partial charge in [0.15, 0.2) is 0 Å². The standard InChI is InChI=1S/C18H21Cl4N7/c1-4-29(5-2)7-6-23-10-8-9(3)24-17(25-10)28-18-26-15-13(21)11(19)12(20)14(22)16(15)27-18/h8H,4-7H2,1-3H3,(H3,23,24,25,26,27,28). The van der Waals surface area contributed by atoms with Crippen molar-refractivity contribution < 1.29 is 0 Å². The number of likely N-dealkylation sites (N-methyl/N-ethyl adjacent to an activating group) is 1. The highest BCUT2D eigenvalue weighted by atomic mass is 35.5. The van der Waals surface area contributed by atoms with E-state index in [0.717, 1.165) is 37.7 Å². The van der Waals surface area contributed by atoms with Gasteiger partial charge in [-0.3, -0.25) is 5.32 Å². The Bertz CT molecular complexity index is 972. The number of nitrogens with zero attached hydrogens (tertiary/aromatic N) is 4. The maximum atomic E-state index is 6.26. The number of imidazole rings is 1. The predicted octanol–water partition coefficient (Wildman–Crippen LogP) is 5.77. The molecule has 0 fully saturated rings. The highest BCUT2D eigenvalue weighted by Gasteiger charge is 2.19. The predicted molar refractivity (Wildman–Crippen MR) is 122 cm³/mol. The Balaban J connectivity index is 1.81. The number of hydrogen-bond donors (Lipinski definition) is 3. The van der Waals surface area contributed by atoms with Crippen molar-refractivity contribution >= 4 is 75.2 Å². The van der Waals surface area contributed by atoms with E-state index in [4.69, 9.17) is 46.4 Å². The summed E-state index contributed by atoms with van der Waals surface area (Å²) in [7, 11) is 0. The van der Waals surface area contributed by atoms with Crippen LogP contribution >= 0.6 is 46.4 Å². The number of aryl methyl sites for hydroxylation is 1. The van der Waals surface area contributed by atoms with E-state index in [2.05, 4.69) is 49.3 Å². The molecule has 29 heavy (non-hydrogen) atoms. The van der Waals surface area contributed by atoms with Crippen LogP contribution in [0.25, 0.3) is 11.0 Å². The molecule has 0 spiro atoms. The number of fused-ring (bicyclic) bond motifs is 1. The van der Waals surface area contributed by atoms with Crippen LogP contribution in [0.4, 0.5) is 17.7 Å². The van der Waals surface area contributed by atoms with Crippen LogP contribution in [-0.2, 0) is 0 Å². The molecule has 0 saturated carbocycles. The summed E-state index contributed by atoms with van der Waals surface area (Å²) in [6.07, 6.45) is 0. The zero-order valence-electron chi connectivity index (χ0n) is 16.2. The number of rotatable bonds is 8. The summed E-state index contributed by atoms with van der Waals surface area (Å²) in [5.41, 5.74) is 1.71. The van der Waals surface area contributed by atoms with E-state index in [0.29, 0.717) is 22.9 Å². The minimum atomic E-state index is 0.162. The number of H-pyrrole nitrogens is 1. The highest BCUT2D eigenvalue weighted by Crippen LogP contribution is 2.42. The quantitative estimate of drug-likeness (QED) is 0.282. The number of hydrogen-bond acceptors (Lipinski definition) is 6. The van der Waals surface area contributed by atoms with Gasteiger partial charge in [0.05, 0.1) is 25.6 Å². The van der Waals surface area contributed by atoms with Crippen molar-refractivity contribution in [1.29, 1.82) is 0 Å². The average Bonchev–Trinajstić information content (AvgIpc) is 3.11. The molecule has 0 bridgehead atoms. The van der Waals surface area contributed by atoms with Crippen LogP contribution < -0.4 is 10.6 Å². The average molecular weight is 477 g/mol. The molecule has 0 radical (unpaired) electrons. The molecule has 3 rings (SSSR count). The van der Waals surface area contributed by atoms with Gasteiger partial charge in [0.2, 0.25) is 11.9 Å². The normalized spacial score (nSPS) is 11.4. The van der Waals surface area contributed by atoms with E-state index in [1.807, 2.05) is 13.0 Å². The number of aromatic amines is 1. The lowest BCUT2D eigenvalue weighted by Crippen LogP contribution is -2.28. The lowest BCUT2D eigenvalue weighted by atomic mass is 10.3. The lowest BCUT2D eigenvalue weighted by molar-refractivity contribution is 0.316. The molecule has 0 aliphatic heterocycles. The molecule has 0 aliphatic rings. The molecule has 0 amide bonds. The van der Waals surface area contributed by atoms with E-state index >= 15 is 0 Å². The van der Waals surface area contributed by atoms with Gasteiger partial charge >= 0.3 is 0 Å². The van der Waals surface area contributed by atoms with Crippen molar-refractivity contribution in [2.45, 2.75) is 20.8 Å². The zero-order chi connectivity index (χ0) is 21.1. The SMILES string of the molecule is CCN(CC)CCNc1cc(C)nc(Nc2nc3c(Cl)c(Cl)c(Cl)c(Cl)c3[nH]2)n1. The summed E-state index contributed by atoms with van der Waals surface area (Å²) in [5.74, 6) is 1.49. The van der Waals surface area contributed by atoms with E-state index in [1.165, 1.54) is 0 Å². The van der Waals surface area contributed by atoms with Gasteiger partial charge in [-0.25, -0.2) is 9.97 Å². The zero-order valence-corrected chi connectivity index (χ0v) is 19.2. The van der Waals surface area contributed by atoms with E-state index in [9.17, 15) is 0 Å². The Hall–Kier alpha value is -1.51. The van der Waals surface area contributed by atoms with Crippen molar-refractivity contribution in [2.75, 3.05) is 36.8 Å². The summed E-state index contributed by atoms with van der Waals surface area (Å²) in [6, 6.07) is 1.89. The third kappa shape index (κ3) is 4.98. The molecule has 1 aromatic carbocycles.